The highest BCUT2D eigenvalue weighted by Crippen LogP contribution is 2.46. The van der Waals surface area contributed by atoms with Crippen LogP contribution in [0.5, 0.6) is 0 Å². The van der Waals surface area contributed by atoms with Gasteiger partial charge in [0, 0.05) is 19.4 Å². The highest BCUT2D eigenvalue weighted by Gasteiger charge is 2.42. The maximum atomic E-state index is 12.1. The minimum absolute atomic E-state index is 0.140. The minimum atomic E-state index is 0.140. The van der Waals surface area contributed by atoms with Crippen LogP contribution in [-0.4, -0.2) is 17.4 Å². The van der Waals surface area contributed by atoms with Gasteiger partial charge in [0.1, 0.15) is 0 Å². The molecule has 3 atom stereocenters. The zero-order valence-corrected chi connectivity index (χ0v) is 12.6. The lowest BCUT2D eigenvalue weighted by atomic mass is 9.82. The van der Waals surface area contributed by atoms with E-state index in [2.05, 4.69) is 55.5 Å². The Kier molecular flexibility index (Phi) is 3.78. The van der Waals surface area contributed by atoms with E-state index in [-0.39, 0.29) is 11.9 Å². The van der Waals surface area contributed by atoms with Crippen molar-refractivity contribution in [3.8, 4) is 0 Å². The first-order chi connectivity index (χ1) is 10.2. The summed E-state index contributed by atoms with van der Waals surface area (Å²) in [5.74, 6) is 0.980. The third-order valence-electron chi connectivity index (χ3n) is 4.50. The molecule has 3 rings (SSSR count). The summed E-state index contributed by atoms with van der Waals surface area (Å²) in [6.07, 6.45) is 0. The smallest absolute Gasteiger partial charge is 0.219 e. The monoisotopic (exact) mass is 279 g/mol. The lowest BCUT2D eigenvalue weighted by molar-refractivity contribution is -0.130. The van der Waals surface area contributed by atoms with Crippen molar-refractivity contribution in [2.75, 3.05) is 6.54 Å². The summed E-state index contributed by atoms with van der Waals surface area (Å²) in [4.78, 5) is 14.1. The number of benzene rings is 2. The van der Waals surface area contributed by atoms with Crippen molar-refractivity contribution in [3.05, 3.63) is 71.8 Å². The number of rotatable bonds is 2. The van der Waals surface area contributed by atoms with Gasteiger partial charge in [-0.3, -0.25) is 4.79 Å². The Morgan fingerprint density at radius 3 is 2.00 bits per heavy atom. The van der Waals surface area contributed by atoms with E-state index < -0.39 is 0 Å². The van der Waals surface area contributed by atoms with Crippen LogP contribution in [0.3, 0.4) is 0 Å². The van der Waals surface area contributed by atoms with Gasteiger partial charge in [-0.25, -0.2) is 0 Å². The standard InChI is InChI=1S/C19H21NO/c1-14-13-20(15(2)21)19(17-11-7-4-8-12-17)18(14)16-9-5-3-6-10-16/h3-12,14,18-19H,13H2,1-2H3/t14-,18+,19+/m0/s1. The molecule has 0 unspecified atom stereocenters. The Morgan fingerprint density at radius 2 is 1.48 bits per heavy atom. The summed E-state index contributed by atoms with van der Waals surface area (Å²) >= 11 is 0. The first-order valence-corrected chi connectivity index (χ1v) is 7.55. The van der Waals surface area contributed by atoms with Crippen molar-refractivity contribution < 1.29 is 4.79 Å². The van der Waals surface area contributed by atoms with Gasteiger partial charge in [0.2, 0.25) is 5.91 Å². The topological polar surface area (TPSA) is 20.3 Å². The van der Waals surface area contributed by atoms with Gasteiger partial charge < -0.3 is 4.90 Å². The fourth-order valence-electron chi connectivity index (χ4n) is 3.59. The van der Waals surface area contributed by atoms with E-state index in [0.717, 1.165) is 6.54 Å². The first kappa shape index (κ1) is 13.9. The maximum absolute atomic E-state index is 12.1. The van der Waals surface area contributed by atoms with E-state index in [1.165, 1.54) is 11.1 Å². The predicted octanol–water partition coefficient (Wildman–Crippen LogP) is 4.01. The average molecular weight is 279 g/mol. The molecule has 1 amide bonds. The van der Waals surface area contributed by atoms with E-state index in [1.807, 2.05) is 17.0 Å². The second-order valence-corrected chi connectivity index (χ2v) is 5.94. The molecule has 2 nitrogen and oxygen atoms in total. The molecule has 0 N–H and O–H groups in total. The molecule has 2 aromatic carbocycles. The van der Waals surface area contributed by atoms with Crippen LogP contribution in [-0.2, 0) is 4.79 Å². The van der Waals surface area contributed by atoms with Gasteiger partial charge >= 0.3 is 0 Å². The van der Waals surface area contributed by atoms with Crippen LogP contribution in [0.1, 0.15) is 36.9 Å². The van der Waals surface area contributed by atoms with E-state index in [4.69, 9.17) is 0 Å². The second-order valence-electron chi connectivity index (χ2n) is 5.94. The van der Waals surface area contributed by atoms with Crippen molar-refractivity contribution in [3.63, 3.8) is 0 Å². The molecule has 2 aromatic rings. The van der Waals surface area contributed by atoms with Crippen LogP contribution in [0.2, 0.25) is 0 Å². The lowest BCUT2D eigenvalue weighted by Gasteiger charge is -2.28. The van der Waals surface area contributed by atoms with Crippen LogP contribution >= 0.6 is 0 Å². The van der Waals surface area contributed by atoms with Crippen molar-refractivity contribution >= 4 is 5.91 Å². The number of amides is 1. The van der Waals surface area contributed by atoms with Crippen LogP contribution in [0.25, 0.3) is 0 Å². The number of hydrogen-bond acceptors (Lipinski definition) is 1. The van der Waals surface area contributed by atoms with E-state index >= 15 is 0 Å². The normalized spacial score (nSPS) is 25.0. The maximum Gasteiger partial charge on any atom is 0.219 e. The van der Waals surface area contributed by atoms with E-state index in [0.29, 0.717) is 11.8 Å². The van der Waals surface area contributed by atoms with Crippen molar-refractivity contribution in [2.24, 2.45) is 5.92 Å². The van der Waals surface area contributed by atoms with E-state index in [9.17, 15) is 4.79 Å². The number of carbonyl (C=O) groups excluding carboxylic acids is 1. The average Bonchev–Trinajstić information content (AvgIpc) is 2.87. The molecule has 0 saturated carbocycles. The number of carbonyl (C=O) groups is 1. The van der Waals surface area contributed by atoms with E-state index in [1.54, 1.807) is 6.92 Å². The summed E-state index contributed by atoms with van der Waals surface area (Å²) in [6.45, 7) is 4.75. The van der Waals surface area contributed by atoms with Gasteiger partial charge in [0.15, 0.2) is 0 Å². The summed E-state index contributed by atoms with van der Waals surface area (Å²) in [5, 5.41) is 0. The minimum Gasteiger partial charge on any atom is -0.335 e. The Hall–Kier alpha value is -2.09. The predicted molar refractivity (Wildman–Crippen MR) is 84.9 cm³/mol. The largest absolute Gasteiger partial charge is 0.335 e. The van der Waals surface area contributed by atoms with Gasteiger partial charge in [0.25, 0.3) is 0 Å². The molecule has 1 aliphatic rings. The number of hydrogen-bond donors (Lipinski definition) is 0. The lowest BCUT2D eigenvalue weighted by Crippen LogP contribution is -2.29. The van der Waals surface area contributed by atoms with Crippen LogP contribution < -0.4 is 0 Å². The highest BCUT2D eigenvalue weighted by molar-refractivity contribution is 5.74. The quantitative estimate of drug-likeness (QED) is 0.813. The van der Waals surface area contributed by atoms with Gasteiger partial charge in [-0.2, -0.15) is 0 Å². The molecular formula is C19H21NO. The molecule has 0 bridgehead atoms. The van der Waals surface area contributed by atoms with Gasteiger partial charge in [0.05, 0.1) is 6.04 Å². The van der Waals surface area contributed by atoms with Gasteiger partial charge in [-0.05, 0) is 17.0 Å². The zero-order chi connectivity index (χ0) is 14.8. The second kappa shape index (κ2) is 5.72. The SMILES string of the molecule is CC(=O)N1C[C@H](C)[C@H](c2ccccc2)[C@H]1c1ccccc1. The summed E-state index contributed by atoms with van der Waals surface area (Å²) in [5.41, 5.74) is 2.55. The molecular weight excluding hydrogens is 258 g/mol. The fraction of sp³-hybridized carbons (Fsp3) is 0.316. The van der Waals surface area contributed by atoms with Gasteiger partial charge in [-0.15, -0.1) is 0 Å². The fourth-order valence-corrected chi connectivity index (χ4v) is 3.59. The molecule has 2 heteroatoms. The first-order valence-electron chi connectivity index (χ1n) is 7.55. The molecule has 0 spiro atoms. The van der Waals surface area contributed by atoms with Crippen LogP contribution in [0.15, 0.2) is 60.7 Å². The molecule has 1 fully saturated rings. The van der Waals surface area contributed by atoms with Gasteiger partial charge in [-0.1, -0.05) is 67.6 Å². The third-order valence-corrected chi connectivity index (χ3v) is 4.50. The molecule has 1 heterocycles. The molecule has 0 radical (unpaired) electrons. The van der Waals surface area contributed by atoms with Crippen LogP contribution in [0.4, 0.5) is 0 Å². The molecule has 1 aliphatic heterocycles. The Bertz CT molecular complexity index is 608. The molecule has 1 saturated heterocycles. The summed E-state index contributed by atoms with van der Waals surface area (Å²) < 4.78 is 0. The molecule has 0 aromatic heterocycles. The summed E-state index contributed by atoms with van der Waals surface area (Å²) in [6, 6.07) is 21.1. The zero-order valence-electron chi connectivity index (χ0n) is 12.6. The Balaban J connectivity index is 2.06. The summed E-state index contributed by atoms with van der Waals surface area (Å²) in [7, 11) is 0. The number of nitrogens with zero attached hydrogens (tertiary/aromatic N) is 1. The Labute approximate surface area is 126 Å². The molecule has 108 valence electrons. The van der Waals surface area contributed by atoms with Crippen molar-refractivity contribution in [1.29, 1.82) is 0 Å². The number of likely N-dealkylation sites (tertiary alicyclic amines) is 1. The van der Waals surface area contributed by atoms with Crippen LogP contribution in [0, 0.1) is 5.92 Å². The molecule has 21 heavy (non-hydrogen) atoms. The Morgan fingerprint density at radius 1 is 0.952 bits per heavy atom. The van der Waals surface area contributed by atoms with Crippen molar-refractivity contribution in [2.45, 2.75) is 25.8 Å². The third kappa shape index (κ3) is 2.58. The highest BCUT2D eigenvalue weighted by atomic mass is 16.2. The van der Waals surface area contributed by atoms with Crippen molar-refractivity contribution in [1.82, 2.24) is 4.90 Å². The molecule has 0 aliphatic carbocycles.